The summed E-state index contributed by atoms with van der Waals surface area (Å²) in [7, 11) is 0. The summed E-state index contributed by atoms with van der Waals surface area (Å²) in [6.45, 7) is 9.18. The number of aromatic nitrogens is 6. The lowest BCUT2D eigenvalue weighted by atomic mass is 9.82. The van der Waals surface area contributed by atoms with Gasteiger partial charge in [0.05, 0.1) is 40.9 Å². The fourth-order valence-corrected chi connectivity index (χ4v) is 8.37. The van der Waals surface area contributed by atoms with Crippen LogP contribution in [0.5, 0.6) is 0 Å². The third-order valence-corrected chi connectivity index (χ3v) is 11.5. The third-order valence-electron chi connectivity index (χ3n) is 11.5. The normalized spacial score (nSPS) is 17.7. The molecule has 1 unspecified atom stereocenters. The first-order valence-electron chi connectivity index (χ1n) is 19.2. The molecule has 57 heavy (non-hydrogen) atoms. The summed E-state index contributed by atoms with van der Waals surface area (Å²) in [5.74, 6) is -1.26. The van der Waals surface area contributed by atoms with Gasteiger partial charge in [-0.1, -0.05) is 29.5 Å². The molecule has 9 rings (SSSR count). The molecule has 1 spiro atoms. The van der Waals surface area contributed by atoms with E-state index in [2.05, 4.69) is 25.7 Å². The third kappa shape index (κ3) is 6.45. The molecule has 6 heterocycles. The van der Waals surface area contributed by atoms with Gasteiger partial charge in [0.1, 0.15) is 11.3 Å². The van der Waals surface area contributed by atoms with E-state index in [1.54, 1.807) is 27.6 Å². The Morgan fingerprint density at radius 3 is 2.46 bits per heavy atom. The number of fused-ring (bicyclic) bond motifs is 2. The van der Waals surface area contributed by atoms with Crippen molar-refractivity contribution in [2.45, 2.75) is 65.0 Å². The van der Waals surface area contributed by atoms with Crippen LogP contribution in [0.1, 0.15) is 95.7 Å². The average Bonchev–Trinajstić information content (AvgIpc) is 3.93. The molecule has 3 aliphatic rings. The van der Waals surface area contributed by atoms with Crippen molar-refractivity contribution in [2.75, 3.05) is 29.9 Å². The van der Waals surface area contributed by atoms with Crippen molar-refractivity contribution in [2.24, 2.45) is 0 Å². The molecular formula is C43H41N9O5. The highest BCUT2D eigenvalue weighted by molar-refractivity contribution is 6.35. The second-order valence-corrected chi connectivity index (χ2v) is 15.4. The zero-order chi connectivity index (χ0) is 39.6. The van der Waals surface area contributed by atoms with Gasteiger partial charge in [-0.2, -0.15) is 5.10 Å². The van der Waals surface area contributed by atoms with Crippen LogP contribution in [0.4, 0.5) is 11.4 Å². The maximum Gasteiger partial charge on any atom is 0.266 e. The van der Waals surface area contributed by atoms with Crippen LogP contribution in [-0.4, -0.2) is 83.4 Å². The van der Waals surface area contributed by atoms with Crippen LogP contribution in [0.15, 0.2) is 79.1 Å². The van der Waals surface area contributed by atoms with E-state index in [0.29, 0.717) is 66.3 Å². The van der Waals surface area contributed by atoms with Gasteiger partial charge in [0, 0.05) is 47.9 Å². The van der Waals surface area contributed by atoms with Crippen molar-refractivity contribution in [3.63, 3.8) is 0 Å². The van der Waals surface area contributed by atoms with Crippen LogP contribution < -0.4 is 10.2 Å². The number of hydrogen-bond donors (Lipinski definition) is 1. The topological polar surface area (TPSA) is 157 Å². The van der Waals surface area contributed by atoms with Crippen molar-refractivity contribution in [3.8, 4) is 11.3 Å². The summed E-state index contributed by atoms with van der Waals surface area (Å²) in [5, 5.41) is 16.3. The maximum atomic E-state index is 13.8. The molecular weight excluding hydrogens is 723 g/mol. The van der Waals surface area contributed by atoms with Crippen molar-refractivity contribution in [1.82, 2.24) is 34.5 Å². The molecule has 0 bridgehead atoms. The zero-order valence-corrected chi connectivity index (χ0v) is 32.2. The number of carbonyl (C=O) groups excluding carboxylic acids is 4. The summed E-state index contributed by atoms with van der Waals surface area (Å²) in [6.07, 6.45) is 6.34. The number of aryl methyl sites for hydroxylation is 4. The van der Waals surface area contributed by atoms with Crippen molar-refractivity contribution >= 4 is 40.7 Å². The molecule has 0 saturated carbocycles. The summed E-state index contributed by atoms with van der Waals surface area (Å²) in [4.78, 5) is 61.3. The van der Waals surface area contributed by atoms with Crippen LogP contribution in [0.2, 0.25) is 0 Å². The van der Waals surface area contributed by atoms with E-state index in [9.17, 15) is 19.2 Å². The second-order valence-electron chi connectivity index (χ2n) is 15.4. The molecule has 1 N–H and O–H groups in total. The minimum absolute atomic E-state index is 0.0767. The van der Waals surface area contributed by atoms with E-state index in [-0.39, 0.29) is 29.3 Å². The number of nitrogens with one attached hydrogen (secondary N) is 1. The Labute approximate surface area is 328 Å². The first-order chi connectivity index (χ1) is 27.5. The Balaban J connectivity index is 0.826. The molecule has 2 saturated heterocycles. The molecule has 288 valence electrons. The van der Waals surface area contributed by atoms with Crippen molar-refractivity contribution in [1.29, 1.82) is 0 Å². The van der Waals surface area contributed by atoms with E-state index in [0.717, 1.165) is 46.6 Å². The fourth-order valence-electron chi connectivity index (χ4n) is 8.37. The van der Waals surface area contributed by atoms with Gasteiger partial charge in [-0.3, -0.25) is 19.2 Å². The Morgan fingerprint density at radius 2 is 1.67 bits per heavy atom. The van der Waals surface area contributed by atoms with Gasteiger partial charge >= 0.3 is 0 Å². The first kappa shape index (κ1) is 36.1. The Morgan fingerprint density at radius 1 is 0.895 bits per heavy atom. The molecule has 14 nitrogen and oxygen atoms in total. The van der Waals surface area contributed by atoms with Gasteiger partial charge in [-0.25, -0.2) is 19.1 Å². The second kappa shape index (κ2) is 13.9. The largest absolute Gasteiger partial charge is 0.375 e. The highest BCUT2D eigenvalue weighted by atomic mass is 16.5. The van der Waals surface area contributed by atoms with Gasteiger partial charge in [0.15, 0.2) is 5.65 Å². The number of amides is 4. The molecule has 0 radical (unpaired) electrons. The van der Waals surface area contributed by atoms with Gasteiger partial charge in [-0.15, -0.1) is 5.10 Å². The summed E-state index contributed by atoms with van der Waals surface area (Å²) >= 11 is 0. The number of imide groups is 1. The van der Waals surface area contributed by atoms with Crippen molar-refractivity contribution in [3.05, 3.63) is 124 Å². The van der Waals surface area contributed by atoms with E-state index < -0.39 is 11.5 Å². The molecule has 6 aromatic rings. The number of carbonyl (C=O) groups is 4. The van der Waals surface area contributed by atoms with E-state index in [1.807, 2.05) is 87.1 Å². The average molecular weight is 764 g/mol. The lowest BCUT2D eigenvalue weighted by Gasteiger charge is -2.46. The van der Waals surface area contributed by atoms with E-state index in [1.165, 1.54) is 11.1 Å². The molecule has 3 aromatic carbocycles. The first-order valence-corrected chi connectivity index (χ1v) is 19.2. The predicted octanol–water partition coefficient (Wildman–Crippen LogP) is 6.30. The number of likely N-dealkylation sites (tertiary alicyclic amines) is 1. The van der Waals surface area contributed by atoms with Gasteiger partial charge in [-0.05, 0) is 107 Å². The van der Waals surface area contributed by atoms with Crippen molar-refractivity contribution < 1.29 is 23.9 Å². The summed E-state index contributed by atoms with van der Waals surface area (Å²) in [6, 6.07) is 19.9. The predicted molar refractivity (Wildman–Crippen MR) is 211 cm³/mol. The number of rotatable bonds is 6. The minimum Gasteiger partial charge on any atom is -0.375 e. The lowest BCUT2D eigenvalue weighted by molar-refractivity contribution is -0.122. The zero-order valence-electron chi connectivity index (χ0n) is 32.2. The fraction of sp³-hybridized carbons (Fsp3) is 0.302. The molecule has 1 atom stereocenters. The van der Waals surface area contributed by atoms with E-state index in [4.69, 9.17) is 4.74 Å². The quantitative estimate of drug-likeness (QED) is 0.192. The Kier molecular flexibility index (Phi) is 8.80. The van der Waals surface area contributed by atoms with Gasteiger partial charge in [0.2, 0.25) is 0 Å². The summed E-state index contributed by atoms with van der Waals surface area (Å²) in [5.41, 5.74) is 7.72. The van der Waals surface area contributed by atoms with Crippen LogP contribution >= 0.6 is 0 Å². The Bertz CT molecular complexity index is 2620. The Hall–Kier alpha value is -6.54. The van der Waals surface area contributed by atoms with Crippen LogP contribution in [0, 0.1) is 27.7 Å². The van der Waals surface area contributed by atoms with Gasteiger partial charge < -0.3 is 15.0 Å². The maximum absolute atomic E-state index is 13.8. The van der Waals surface area contributed by atoms with Crippen LogP contribution in [0.3, 0.4) is 0 Å². The highest BCUT2D eigenvalue weighted by Crippen LogP contribution is 2.40. The molecule has 4 amide bonds. The standard InChI is InChI=1S/C43H41N9O5/c1-25-5-6-26(2)37(19-25)51-41(55)33-12-9-30(21-34(33)42(51)56)40(54)49-16-14-43(15-17-49)22-32(13-18-57-43)50-24-36(47-48-50)29-7-10-31(11-8-29)46-39(53)35-23-44-52-28(4)20-27(3)45-38(35)52/h5-12,19-21,23-24,32H,13-18,22H2,1-4H3,(H,46,53). The van der Waals surface area contributed by atoms with Crippen LogP contribution in [0.25, 0.3) is 16.9 Å². The van der Waals surface area contributed by atoms with Crippen LogP contribution in [-0.2, 0) is 4.74 Å². The monoisotopic (exact) mass is 763 g/mol. The number of benzene rings is 3. The molecule has 0 aliphatic carbocycles. The molecule has 14 heteroatoms. The smallest absolute Gasteiger partial charge is 0.266 e. The lowest BCUT2D eigenvalue weighted by Crippen LogP contribution is -2.51. The summed E-state index contributed by atoms with van der Waals surface area (Å²) < 4.78 is 9.99. The SMILES string of the molecule is Cc1ccc(C)c(N2C(=O)c3ccc(C(=O)N4CCC5(CC4)CC(n4cc(-c6ccc(NC(=O)c7cnn8c(C)cc(C)nc78)cc6)nn4)CCO5)cc3C2=O)c1. The number of anilines is 2. The number of ether oxygens (including phenoxy) is 1. The van der Waals surface area contributed by atoms with Gasteiger partial charge in [0.25, 0.3) is 23.6 Å². The highest BCUT2D eigenvalue weighted by Gasteiger charge is 2.43. The molecule has 3 aliphatic heterocycles. The minimum atomic E-state index is -0.418. The molecule has 3 aromatic heterocycles. The number of nitrogens with zero attached hydrogens (tertiary/aromatic N) is 8. The number of hydrogen-bond acceptors (Lipinski definition) is 9. The number of piperidine rings is 1. The molecule has 2 fully saturated rings. The van der Waals surface area contributed by atoms with E-state index >= 15 is 0 Å².